The first-order chi connectivity index (χ1) is 17.7. The largest absolute Gasteiger partial charge is 0.462 e. The summed E-state index contributed by atoms with van der Waals surface area (Å²) in [4.78, 5) is 55.0. The Labute approximate surface area is 226 Å². The van der Waals surface area contributed by atoms with Crippen LogP contribution < -0.4 is 10.1 Å². The van der Waals surface area contributed by atoms with Gasteiger partial charge in [0.25, 0.3) is 5.91 Å². The van der Waals surface area contributed by atoms with Crippen molar-refractivity contribution in [1.82, 2.24) is 4.57 Å². The van der Waals surface area contributed by atoms with Crippen LogP contribution in [0.4, 0.5) is 5.00 Å². The maximum Gasteiger partial charge on any atom is 0.348 e. The Kier molecular flexibility index (Phi) is 10.1. The molecule has 0 atom stereocenters. The van der Waals surface area contributed by atoms with Gasteiger partial charge in [-0.1, -0.05) is 17.4 Å². The van der Waals surface area contributed by atoms with Gasteiger partial charge in [-0.25, -0.2) is 9.59 Å². The number of aromatic nitrogens is 1. The minimum Gasteiger partial charge on any atom is -0.462 e. The summed E-state index contributed by atoms with van der Waals surface area (Å²) in [6.45, 7) is 9.99. The van der Waals surface area contributed by atoms with E-state index in [1.165, 1.54) is 11.3 Å². The summed E-state index contributed by atoms with van der Waals surface area (Å²) < 4.78 is 13.2. The third kappa shape index (κ3) is 6.88. The highest BCUT2D eigenvalue weighted by Crippen LogP contribution is 2.34. The van der Waals surface area contributed by atoms with E-state index in [9.17, 15) is 19.2 Å². The van der Waals surface area contributed by atoms with Gasteiger partial charge >= 0.3 is 11.9 Å². The van der Waals surface area contributed by atoms with E-state index in [2.05, 4.69) is 16.4 Å². The average Bonchev–Trinajstić information content (AvgIpc) is 3.34. The van der Waals surface area contributed by atoms with Gasteiger partial charge < -0.3 is 19.4 Å². The van der Waals surface area contributed by atoms with Crippen LogP contribution in [0, 0.1) is 13.8 Å². The molecule has 0 radical (unpaired) electrons. The molecule has 0 unspecified atom stereocenters. The number of aryl methyl sites for hydroxylation is 2. The second-order valence-electron chi connectivity index (χ2n) is 7.85. The molecule has 3 aromatic rings. The van der Waals surface area contributed by atoms with Gasteiger partial charge in [0.15, 0.2) is 4.80 Å². The van der Waals surface area contributed by atoms with Crippen molar-refractivity contribution in [2.24, 2.45) is 4.99 Å². The SMILES string of the molecule is CCOC(=O)c1sc(NC(=O)CSCC(=O)N=c2sc3cc(C)ccc3n2CC)c(C(=O)OCC)c1C. The monoisotopic (exact) mass is 563 g/mol. The van der Waals surface area contributed by atoms with Crippen molar-refractivity contribution in [1.29, 1.82) is 0 Å². The summed E-state index contributed by atoms with van der Waals surface area (Å²) >= 11 is 3.54. The molecule has 9 nitrogen and oxygen atoms in total. The zero-order chi connectivity index (χ0) is 27.1. The summed E-state index contributed by atoms with van der Waals surface area (Å²) in [7, 11) is 0. The lowest BCUT2D eigenvalue weighted by atomic mass is 10.1. The maximum absolute atomic E-state index is 12.6. The number of ether oxygens (including phenoxy) is 2. The molecule has 0 saturated carbocycles. The van der Waals surface area contributed by atoms with Crippen molar-refractivity contribution in [3.8, 4) is 0 Å². The van der Waals surface area contributed by atoms with Crippen molar-refractivity contribution >= 4 is 73.4 Å². The molecule has 0 aliphatic heterocycles. The van der Waals surface area contributed by atoms with Gasteiger partial charge in [-0.2, -0.15) is 4.99 Å². The van der Waals surface area contributed by atoms with Crippen LogP contribution in [0.15, 0.2) is 23.2 Å². The number of hydrogen-bond donors (Lipinski definition) is 1. The van der Waals surface area contributed by atoms with Crippen LogP contribution in [0.1, 0.15) is 51.9 Å². The molecule has 2 heterocycles. The first-order valence-electron chi connectivity index (χ1n) is 11.7. The zero-order valence-electron chi connectivity index (χ0n) is 21.3. The minimum atomic E-state index is -0.633. The molecule has 198 valence electrons. The summed E-state index contributed by atoms with van der Waals surface area (Å²) in [5.41, 5.74) is 2.69. The second kappa shape index (κ2) is 13.0. The molecule has 1 aromatic carbocycles. The molecular formula is C25H29N3O6S3. The molecule has 0 fully saturated rings. The van der Waals surface area contributed by atoms with E-state index in [-0.39, 0.29) is 46.1 Å². The van der Waals surface area contributed by atoms with Crippen LogP contribution in [0.3, 0.4) is 0 Å². The zero-order valence-corrected chi connectivity index (χ0v) is 23.8. The third-order valence-electron chi connectivity index (χ3n) is 5.17. The number of anilines is 1. The third-order valence-corrected chi connectivity index (χ3v) is 8.32. The molecule has 0 aliphatic carbocycles. The Bertz CT molecular complexity index is 1400. The van der Waals surface area contributed by atoms with Crippen LogP contribution in [-0.4, -0.2) is 53.0 Å². The molecular weight excluding hydrogens is 534 g/mol. The van der Waals surface area contributed by atoms with E-state index < -0.39 is 17.8 Å². The van der Waals surface area contributed by atoms with Crippen LogP contribution in [0.5, 0.6) is 0 Å². The van der Waals surface area contributed by atoms with Crippen LogP contribution in [0.2, 0.25) is 0 Å². The predicted octanol–water partition coefficient (Wildman–Crippen LogP) is 4.55. The van der Waals surface area contributed by atoms with Gasteiger partial charge in [-0.15, -0.1) is 23.1 Å². The van der Waals surface area contributed by atoms with Crippen molar-refractivity contribution in [2.75, 3.05) is 30.0 Å². The molecule has 2 aromatic heterocycles. The highest BCUT2D eigenvalue weighted by atomic mass is 32.2. The first kappa shape index (κ1) is 28.6. The van der Waals surface area contributed by atoms with Crippen LogP contribution >= 0.6 is 34.4 Å². The van der Waals surface area contributed by atoms with E-state index in [0.717, 1.165) is 38.9 Å². The number of thioether (sulfide) groups is 1. The summed E-state index contributed by atoms with van der Waals surface area (Å²) in [6, 6.07) is 6.12. The normalized spacial score (nSPS) is 11.5. The molecule has 2 amide bonds. The number of amides is 2. The van der Waals surface area contributed by atoms with Crippen molar-refractivity contribution in [3.05, 3.63) is 44.6 Å². The molecule has 37 heavy (non-hydrogen) atoms. The Balaban J connectivity index is 1.68. The lowest BCUT2D eigenvalue weighted by Gasteiger charge is -2.07. The molecule has 0 saturated heterocycles. The molecule has 1 N–H and O–H groups in total. The maximum atomic E-state index is 12.6. The Morgan fingerprint density at radius 2 is 1.70 bits per heavy atom. The van der Waals surface area contributed by atoms with E-state index >= 15 is 0 Å². The van der Waals surface area contributed by atoms with Crippen LogP contribution in [-0.2, 0) is 25.6 Å². The number of thiophene rings is 1. The van der Waals surface area contributed by atoms with Crippen molar-refractivity contribution in [3.63, 3.8) is 0 Å². The number of carbonyl (C=O) groups excluding carboxylic acids is 4. The fourth-order valence-corrected chi connectivity index (χ4v) is 6.46. The number of fused-ring (bicyclic) bond motifs is 1. The highest BCUT2D eigenvalue weighted by molar-refractivity contribution is 8.00. The smallest absolute Gasteiger partial charge is 0.348 e. The van der Waals surface area contributed by atoms with Gasteiger partial charge in [0, 0.05) is 6.54 Å². The molecule has 12 heteroatoms. The Morgan fingerprint density at radius 3 is 2.38 bits per heavy atom. The molecule has 0 aliphatic rings. The number of benzene rings is 1. The molecule has 0 spiro atoms. The van der Waals surface area contributed by atoms with E-state index in [1.54, 1.807) is 20.8 Å². The van der Waals surface area contributed by atoms with E-state index in [0.29, 0.717) is 16.9 Å². The van der Waals surface area contributed by atoms with Gasteiger partial charge in [0.05, 0.1) is 40.5 Å². The minimum absolute atomic E-state index is 0.0205. The van der Waals surface area contributed by atoms with E-state index in [4.69, 9.17) is 9.47 Å². The molecule has 0 bridgehead atoms. The van der Waals surface area contributed by atoms with Crippen molar-refractivity contribution < 1.29 is 28.7 Å². The number of thiazole rings is 1. The number of carbonyl (C=O) groups is 4. The van der Waals surface area contributed by atoms with Gasteiger partial charge in [0.2, 0.25) is 5.91 Å². The number of rotatable bonds is 10. The lowest BCUT2D eigenvalue weighted by Crippen LogP contribution is -2.18. The topological polar surface area (TPSA) is 116 Å². The number of nitrogens with one attached hydrogen (secondary N) is 1. The second-order valence-corrected chi connectivity index (χ2v) is 10.9. The number of esters is 2. The Morgan fingerprint density at radius 1 is 1.00 bits per heavy atom. The first-order valence-corrected chi connectivity index (χ1v) is 14.5. The van der Waals surface area contributed by atoms with Crippen molar-refractivity contribution in [2.45, 2.75) is 41.2 Å². The van der Waals surface area contributed by atoms with E-state index in [1.807, 2.05) is 30.5 Å². The highest BCUT2D eigenvalue weighted by Gasteiger charge is 2.27. The summed E-state index contributed by atoms with van der Waals surface area (Å²) in [5.74, 6) is -1.97. The lowest BCUT2D eigenvalue weighted by molar-refractivity contribution is -0.115. The number of hydrogen-bond acceptors (Lipinski definition) is 9. The predicted molar refractivity (Wildman–Crippen MR) is 148 cm³/mol. The number of nitrogens with zero attached hydrogens (tertiary/aromatic N) is 2. The van der Waals surface area contributed by atoms with Gasteiger partial charge in [0.1, 0.15) is 9.88 Å². The van der Waals surface area contributed by atoms with Gasteiger partial charge in [-0.05, 0) is 57.9 Å². The average molecular weight is 564 g/mol. The van der Waals surface area contributed by atoms with Gasteiger partial charge in [-0.3, -0.25) is 9.59 Å². The molecule has 3 rings (SSSR count). The van der Waals surface area contributed by atoms with Crippen LogP contribution in [0.25, 0.3) is 10.2 Å². The standard InChI is InChI=1S/C25H29N3O6S3/c1-6-28-16-10-9-14(4)11-17(16)36-25(28)27-19(30)13-35-12-18(29)26-22-20(23(31)33-7-2)15(5)21(37-22)24(32)34-8-3/h9-11H,6-8,12-13H2,1-5H3,(H,26,29). The fourth-order valence-electron chi connectivity index (χ4n) is 3.55. The fraction of sp³-hybridized carbons (Fsp3) is 0.400. The summed E-state index contributed by atoms with van der Waals surface area (Å²) in [6.07, 6.45) is 0. The summed E-state index contributed by atoms with van der Waals surface area (Å²) in [5, 5.41) is 2.89. The Hall–Kier alpha value is -2.96. The quantitative estimate of drug-likeness (QED) is 0.360.